The van der Waals surface area contributed by atoms with Crippen molar-refractivity contribution in [1.82, 2.24) is 0 Å². The summed E-state index contributed by atoms with van der Waals surface area (Å²) in [6, 6.07) is 3.64. The lowest BCUT2D eigenvalue weighted by Gasteiger charge is -2.23. The van der Waals surface area contributed by atoms with Gasteiger partial charge in [-0.1, -0.05) is 0 Å². The highest BCUT2D eigenvalue weighted by Gasteiger charge is 2.18. The zero-order valence-electron chi connectivity index (χ0n) is 12.6. The van der Waals surface area contributed by atoms with Crippen molar-refractivity contribution in [2.24, 2.45) is 0 Å². The van der Waals surface area contributed by atoms with Gasteiger partial charge in [-0.05, 0) is 32.9 Å². The first kappa shape index (κ1) is 17.4. The minimum atomic E-state index is -0.840. The van der Waals surface area contributed by atoms with Crippen molar-refractivity contribution in [3.05, 3.63) is 29.6 Å². The van der Waals surface area contributed by atoms with Crippen LogP contribution < -0.4 is 4.74 Å². The molecule has 1 aromatic rings. The molecule has 4 nitrogen and oxygen atoms in total. The van der Waals surface area contributed by atoms with Gasteiger partial charge < -0.3 is 14.2 Å². The number of hydrogen-bond donors (Lipinski definition) is 0. The lowest BCUT2D eigenvalue weighted by molar-refractivity contribution is -0.0465. The number of carbonyl (C=O) groups is 1. The van der Waals surface area contributed by atoms with E-state index < -0.39 is 30.2 Å². The van der Waals surface area contributed by atoms with Gasteiger partial charge in [0.05, 0.1) is 24.9 Å². The second-order valence-electron chi connectivity index (χ2n) is 5.45. The molecule has 118 valence electrons. The maximum absolute atomic E-state index is 13.7. The monoisotopic (exact) mass is 302 g/mol. The first-order valence-corrected chi connectivity index (χ1v) is 6.51. The van der Waals surface area contributed by atoms with Crippen LogP contribution in [0.1, 0.15) is 31.1 Å². The number of carbonyl (C=O) groups excluding carboxylic acids is 1. The van der Waals surface area contributed by atoms with Gasteiger partial charge in [0.15, 0.2) is 6.10 Å². The molecule has 0 saturated heterocycles. The molecule has 0 saturated carbocycles. The summed E-state index contributed by atoms with van der Waals surface area (Å²) in [4.78, 5) is 11.3. The minimum absolute atomic E-state index is 0.0420. The molecule has 1 unspecified atom stereocenters. The topological polar surface area (TPSA) is 44.8 Å². The number of esters is 1. The van der Waals surface area contributed by atoms with E-state index in [2.05, 4.69) is 4.74 Å². The van der Waals surface area contributed by atoms with Crippen molar-refractivity contribution < 1.29 is 27.8 Å². The van der Waals surface area contributed by atoms with Crippen LogP contribution in [0.5, 0.6) is 5.75 Å². The zero-order valence-corrected chi connectivity index (χ0v) is 12.6. The number of rotatable bonds is 6. The normalized spacial score (nSPS) is 12.9. The molecule has 0 spiro atoms. The van der Waals surface area contributed by atoms with Gasteiger partial charge in [0, 0.05) is 6.07 Å². The summed E-state index contributed by atoms with van der Waals surface area (Å²) in [6.45, 7) is 4.80. The van der Waals surface area contributed by atoms with E-state index in [4.69, 9.17) is 9.47 Å². The van der Waals surface area contributed by atoms with Crippen LogP contribution >= 0.6 is 0 Å². The Kier molecular flexibility index (Phi) is 6.08. The van der Waals surface area contributed by atoms with E-state index in [1.54, 1.807) is 0 Å². The fourth-order valence-electron chi connectivity index (χ4n) is 1.49. The largest absolute Gasteiger partial charge is 0.485 e. The Morgan fingerprint density at radius 3 is 2.48 bits per heavy atom. The van der Waals surface area contributed by atoms with Gasteiger partial charge in [-0.2, -0.15) is 0 Å². The van der Waals surface area contributed by atoms with Crippen molar-refractivity contribution >= 4 is 5.97 Å². The van der Waals surface area contributed by atoms with E-state index in [0.717, 1.165) is 13.2 Å². The lowest BCUT2D eigenvalue weighted by Crippen LogP contribution is -2.31. The Bertz CT molecular complexity index is 483. The molecule has 1 atom stereocenters. The Hall–Kier alpha value is -1.69. The first-order chi connectivity index (χ1) is 9.76. The number of ether oxygens (including phenoxy) is 3. The molecule has 1 rings (SSSR count). The number of hydrogen-bond acceptors (Lipinski definition) is 4. The molecule has 6 heteroatoms. The molecule has 0 aliphatic carbocycles. The zero-order chi connectivity index (χ0) is 16.0. The minimum Gasteiger partial charge on any atom is -0.485 e. The molecule has 0 fully saturated rings. The molecular weight excluding hydrogens is 282 g/mol. The van der Waals surface area contributed by atoms with Gasteiger partial charge in [0.25, 0.3) is 0 Å². The summed E-state index contributed by atoms with van der Waals surface area (Å²) in [6.07, 6.45) is -0.840. The molecule has 0 radical (unpaired) electrons. The summed E-state index contributed by atoms with van der Waals surface area (Å²) in [5.74, 6) is -1.44. The third kappa shape index (κ3) is 5.67. The van der Waals surface area contributed by atoms with Gasteiger partial charge in [-0.15, -0.1) is 0 Å². The van der Waals surface area contributed by atoms with Crippen molar-refractivity contribution in [2.45, 2.75) is 32.5 Å². The summed E-state index contributed by atoms with van der Waals surface area (Å²) < 4.78 is 41.8. The van der Waals surface area contributed by atoms with E-state index in [-0.39, 0.29) is 17.9 Å². The third-order valence-electron chi connectivity index (χ3n) is 2.52. The smallest absolute Gasteiger partial charge is 0.340 e. The summed E-state index contributed by atoms with van der Waals surface area (Å²) >= 11 is 0. The van der Waals surface area contributed by atoms with Crippen LogP contribution in [0.2, 0.25) is 0 Å². The average Bonchev–Trinajstić information content (AvgIpc) is 2.41. The van der Waals surface area contributed by atoms with Gasteiger partial charge in [0.1, 0.15) is 18.2 Å². The van der Waals surface area contributed by atoms with Gasteiger partial charge in [0.2, 0.25) is 0 Å². The van der Waals surface area contributed by atoms with Crippen LogP contribution in [-0.2, 0) is 9.47 Å². The molecule has 0 aromatic heterocycles. The van der Waals surface area contributed by atoms with Crippen molar-refractivity contribution in [2.75, 3.05) is 20.4 Å². The van der Waals surface area contributed by atoms with E-state index >= 15 is 0 Å². The van der Waals surface area contributed by atoms with E-state index in [0.29, 0.717) is 0 Å². The molecule has 0 heterocycles. The number of halogens is 2. The molecule has 0 amide bonds. The van der Waals surface area contributed by atoms with Gasteiger partial charge in [-0.3, -0.25) is 0 Å². The van der Waals surface area contributed by atoms with Crippen LogP contribution in [0.4, 0.5) is 8.78 Å². The first-order valence-electron chi connectivity index (χ1n) is 6.51. The SMILES string of the molecule is COC(=O)c1ccc(OC(CF)COC(C)(C)C)cc1F. The number of methoxy groups -OCH3 is 1. The number of benzene rings is 1. The van der Waals surface area contributed by atoms with Crippen LogP contribution in [0.25, 0.3) is 0 Å². The van der Waals surface area contributed by atoms with Crippen molar-refractivity contribution in [1.29, 1.82) is 0 Å². The van der Waals surface area contributed by atoms with Crippen LogP contribution in [0.3, 0.4) is 0 Å². The van der Waals surface area contributed by atoms with Crippen molar-refractivity contribution in [3.8, 4) is 5.75 Å². The Morgan fingerprint density at radius 2 is 2.00 bits per heavy atom. The van der Waals surface area contributed by atoms with E-state index in [1.807, 2.05) is 20.8 Å². The maximum atomic E-state index is 13.7. The van der Waals surface area contributed by atoms with Crippen LogP contribution in [0.15, 0.2) is 18.2 Å². The molecule has 0 N–H and O–H groups in total. The average molecular weight is 302 g/mol. The van der Waals surface area contributed by atoms with Crippen molar-refractivity contribution in [3.63, 3.8) is 0 Å². The van der Waals surface area contributed by atoms with Crippen LogP contribution in [-0.4, -0.2) is 38.1 Å². The third-order valence-corrected chi connectivity index (χ3v) is 2.52. The predicted octanol–water partition coefficient (Wildman–Crippen LogP) is 3.14. The predicted molar refractivity (Wildman–Crippen MR) is 73.8 cm³/mol. The fraction of sp³-hybridized carbons (Fsp3) is 0.533. The van der Waals surface area contributed by atoms with Crippen LogP contribution in [0, 0.1) is 5.82 Å². The highest BCUT2D eigenvalue weighted by Crippen LogP contribution is 2.19. The highest BCUT2D eigenvalue weighted by atomic mass is 19.1. The number of alkyl halides is 1. The molecule has 0 bridgehead atoms. The Balaban J connectivity index is 2.73. The standard InChI is InChI=1S/C15H20F2O4/c1-15(2,3)20-9-11(8-16)21-10-5-6-12(13(17)7-10)14(18)19-4/h5-7,11H,8-9H2,1-4H3. The molecular formula is C15H20F2O4. The summed E-state index contributed by atoms with van der Waals surface area (Å²) in [7, 11) is 1.16. The second-order valence-corrected chi connectivity index (χ2v) is 5.45. The second kappa shape index (κ2) is 7.36. The summed E-state index contributed by atoms with van der Waals surface area (Å²) in [5.41, 5.74) is -0.621. The van der Waals surface area contributed by atoms with Gasteiger partial charge in [-0.25, -0.2) is 13.6 Å². The fourth-order valence-corrected chi connectivity index (χ4v) is 1.49. The Labute approximate surface area is 123 Å². The Morgan fingerprint density at radius 1 is 1.33 bits per heavy atom. The molecule has 0 aliphatic heterocycles. The van der Waals surface area contributed by atoms with E-state index in [1.165, 1.54) is 12.1 Å². The van der Waals surface area contributed by atoms with Gasteiger partial charge >= 0.3 is 5.97 Å². The summed E-state index contributed by atoms with van der Waals surface area (Å²) in [5, 5.41) is 0. The maximum Gasteiger partial charge on any atom is 0.340 e. The molecule has 0 aliphatic rings. The molecule has 21 heavy (non-hydrogen) atoms. The lowest BCUT2D eigenvalue weighted by atomic mass is 10.2. The highest BCUT2D eigenvalue weighted by molar-refractivity contribution is 5.89. The molecule has 1 aromatic carbocycles. The quantitative estimate of drug-likeness (QED) is 0.757. The van der Waals surface area contributed by atoms with E-state index in [9.17, 15) is 13.6 Å².